The van der Waals surface area contributed by atoms with E-state index in [9.17, 15) is 17.7 Å². The van der Waals surface area contributed by atoms with Crippen molar-refractivity contribution in [3.63, 3.8) is 0 Å². The van der Waals surface area contributed by atoms with Crippen LogP contribution in [0.5, 0.6) is 0 Å². The lowest BCUT2D eigenvalue weighted by Crippen LogP contribution is -2.21. The number of carboxylic acids is 1. The fraction of sp³-hybridized carbons (Fsp3) is 0.889. The van der Waals surface area contributed by atoms with E-state index in [2.05, 4.69) is 9.84 Å². The van der Waals surface area contributed by atoms with E-state index >= 15 is 0 Å². The maximum Gasteiger partial charge on any atom is 0.490 e. The lowest BCUT2D eigenvalue weighted by atomic mass is 10.4. The topological polar surface area (TPSA) is 122 Å². The van der Waals surface area contributed by atoms with Gasteiger partial charge in [-0.25, -0.2) is 9.36 Å². The highest BCUT2D eigenvalue weighted by molar-refractivity contribution is 8.54. The van der Waals surface area contributed by atoms with Crippen LogP contribution in [-0.4, -0.2) is 54.1 Å². The molecule has 0 aliphatic heterocycles. The van der Waals surface area contributed by atoms with E-state index in [1.807, 2.05) is 0 Å². The second kappa shape index (κ2) is 12.2. The Balaban J connectivity index is 0. The van der Waals surface area contributed by atoms with Crippen molar-refractivity contribution in [2.24, 2.45) is 5.73 Å². The summed E-state index contributed by atoms with van der Waals surface area (Å²) in [7, 11) is 0. The van der Waals surface area contributed by atoms with Crippen LogP contribution in [0.4, 0.5) is 13.2 Å². The van der Waals surface area contributed by atoms with Gasteiger partial charge in [-0.15, -0.1) is 0 Å². The van der Waals surface area contributed by atoms with Crippen molar-refractivity contribution in [3.8, 4) is 0 Å². The molecular formula is C9H20F3N2O5PS. The van der Waals surface area contributed by atoms with Gasteiger partial charge >= 0.3 is 18.9 Å². The number of hydrogen-bond acceptors (Lipinski definition) is 6. The minimum Gasteiger partial charge on any atom is -0.475 e. The van der Waals surface area contributed by atoms with Crippen LogP contribution in [0.3, 0.4) is 0 Å². The lowest BCUT2D eigenvalue weighted by molar-refractivity contribution is -0.192. The van der Waals surface area contributed by atoms with Crippen LogP contribution in [0, 0.1) is 0 Å². The number of nitrogens with two attached hydrogens (primary N) is 1. The van der Waals surface area contributed by atoms with E-state index in [-0.39, 0.29) is 6.61 Å². The summed E-state index contributed by atoms with van der Waals surface area (Å²) in [5.74, 6) is -2.19. The fourth-order valence-electron chi connectivity index (χ4n) is 0.786. The summed E-state index contributed by atoms with van der Waals surface area (Å²) in [6.07, 6.45) is -4.16. The molecule has 5 N–H and O–H groups in total. The van der Waals surface area contributed by atoms with Gasteiger partial charge in [0.2, 0.25) is 0 Å². The van der Waals surface area contributed by atoms with Crippen LogP contribution >= 0.6 is 18.2 Å². The molecule has 12 heteroatoms. The third-order valence-electron chi connectivity index (χ3n) is 1.63. The van der Waals surface area contributed by atoms with Gasteiger partial charge in [0.05, 0.1) is 6.61 Å². The molecule has 0 aromatic heterocycles. The van der Waals surface area contributed by atoms with Crippen LogP contribution in [0.15, 0.2) is 0 Å². The zero-order chi connectivity index (χ0) is 16.9. The van der Waals surface area contributed by atoms with Crippen LogP contribution in [0.2, 0.25) is 0 Å². The Kier molecular flexibility index (Phi) is 13.4. The number of carboxylic acid groups (broad SMARTS) is 1. The molecule has 0 rings (SSSR count). The highest BCUT2D eigenvalue weighted by Gasteiger charge is 2.38. The third-order valence-corrected chi connectivity index (χ3v) is 4.77. The number of nitrogens with one attached hydrogen (secondary N) is 1. The molecule has 0 amide bonds. The molecule has 0 saturated heterocycles. The van der Waals surface area contributed by atoms with Gasteiger partial charge in [0.1, 0.15) is 0 Å². The number of aliphatic carboxylic acids is 1. The Bertz CT molecular complexity index is 333. The number of alkyl halides is 3. The fourth-order valence-corrected chi connectivity index (χ4v) is 3.16. The first-order chi connectivity index (χ1) is 9.56. The molecule has 0 spiro atoms. The molecule has 0 bridgehead atoms. The van der Waals surface area contributed by atoms with Crippen LogP contribution in [-0.2, 0) is 13.9 Å². The average Bonchev–Trinajstić information content (AvgIpc) is 2.33. The summed E-state index contributed by atoms with van der Waals surface area (Å²) < 4.78 is 47.6. The van der Waals surface area contributed by atoms with E-state index < -0.39 is 18.9 Å². The second-order valence-corrected chi connectivity index (χ2v) is 7.44. The number of rotatable bonds is 9. The highest BCUT2D eigenvalue weighted by Crippen LogP contribution is 2.55. The van der Waals surface area contributed by atoms with Crippen molar-refractivity contribution in [3.05, 3.63) is 0 Å². The van der Waals surface area contributed by atoms with Gasteiger partial charge in [-0.1, -0.05) is 0 Å². The molecule has 1 atom stereocenters. The molecule has 128 valence electrons. The quantitative estimate of drug-likeness (QED) is 0.362. The Morgan fingerprint density at radius 1 is 1.43 bits per heavy atom. The highest BCUT2D eigenvalue weighted by atomic mass is 32.7. The molecule has 0 radical (unpaired) electrons. The maximum absolute atomic E-state index is 11.2. The van der Waals surface area contributed by atoms with Gasteiger partial charge in [0.15, 0.2) is 0 Å². The molecule has 1 unspecified atom stereocenters. The van der Waals surface area contributed by atoms with Crippen molar-refractivity contribution in [1.82, 2.24) is 5.32 Å². The van der Waals surface area contributed by atoms with E-state index in [0.29, 0.717) is 18.8 Å². The lowest BCUT2D eigenvalue weighted by Gasteiger charge is -2.09. The normalized spacial score (nSPS) is 14.0. The molecule has 0 aliphatic rings. The van der Waals surface area contributed by atoms with E-state index in [1.165, 1.54) is 0 Å². The predicted molar refractivity (Wildman–Crippen MR) is 74.1 cm³/mol. The van der Waals surface area contributed by atoms with Gasteiger partial charge in [-0.3, -0.25) is 0 Å². The molecule has 0 saturated carbocycles. The van der Waals surface area contributed by atoms with Crippen molar-refractivity contribution in [1.29, 1.82) is 0 Å². The van der Waals surface area contributed by atoms with Gasteiger partial charge in [-0.2, -0.15) is 13.2 Å². The molecular weight excluding hydrogens is 336 g/mol. The standard InChI is InChI=1S/C7H19N2O3PS.C2HF3O2/c1-2-12-13(10,11)14-7-6-9-5-3-4-8;3-2(4,5)1(6)7/h9H,2-8H2,1H3,(H,10,11);(H,6,7). The summed E-state index contributed by atoms with van der Waals surface area (Å²) in [5.41, 5.74) is 5.30. The number of hydrogen-bond donors (Lipinski definition) is 4. The summed E-state index contributed by atoms with van der Waals surface area (Å²) in [4.78, 5) is 18.1. The summed E-state index contributed by atoms with van der Waals surface area (Å²) >= 11 is 0.956. The second-order valence-electron chi connectivity index (χ2n) is 3.41. The molecule has 0 heterocycles. The summed E-state index contributed by atoms with van der Waals surface area (Å²) in [5, 5.41) is 10.2. The van der Waals surface area contributed by atoms with Crippen LogP contribution in [0.25, 0.3) is 0 Å². The largest absolute Gasteiger partial charge is 0.490 e. The SMILES string of the molecule is CCOP(=O)(O)SCCNCCCN.O=C(O)C(F)(F)F. The Hall–Kier alpha value is -0.320. The van der Waals surface area contributed by atoms with E-state index in [1.54, 1.807) is 6.92 Å². The number of halogens is 3. The van der Waals surface area contributed by atoms with Crippen molar-refractivity contribution in [2.75, 3.05) is 32.0 Å². The predicted octanol–water partition coefficient (Wildman–Crippen LogP) is 1.43. The van der Waals surface area contributed by atoms with E-state index in [0.717, 1.165) is 24.3 Å². The smallest absolute Gasteiger partial charge is 0.475 e. The monoisotopic (exact) mass is 356 g/mol. The maximum atomic E-state index is 11.2. The third kappa shape index (κ3) is 17.6. The zero-order valence-electron chi connectivity index (χ0n) is 11.4. The van der Waals surface area contributed by atoms with Gasteiger partial charge in [0.25, 0.3) is 0 Å². The summed E-state index contributed by atoms with van der Waals surface area (Å²) in [6, 6.07) is 0. The first-order valence-electron chi connectivity index (χ1n) is 5.89. The number of carbonyl (C=O) groups is 1. The molecule has 7 nitrogen and oxygen atoms in total. The van der Waals surface area contributed by atoms with Crippen LogP contribution in [0.1, 0.15) is 13.3 Å². The Labute approximate surface area is 124 Å². The minimum absolute atomic E-state index is 0.265. The first-order valence-corrected chi connectivity index (χ1v) is 9.06. The Morgan fingerprint density at radius 3 is 2.33 bits per heavy atom. The van der Waals surface area contributed by atoms with Crippen molar-refractivity contribution < 1.29 is 37.1 Å². The first kappa shape index (κ1) is 23.0. The molecule has 0 aromatic carbocycles. The molecule has 0 aliphatic carbocycles. The van der Waals surface area contributed by atoms with Gasteiger partial charge < -0.3 is 25.6 Å². The van der Waals surface area contributed by atoms with E-state index in [4.69, 9.17) is 20.5 Å². The van der Waals surface area contributed by atoms with Gasteiger partial charge in [-0.05, 0) is 37.8 Å². The summed E-state index contributed by atoms with van der Waals surface area (Å²) in [6.45, 7) is 0.776. The van der Waals surface area contributed by atoms with Crippen molar-refractivity contribution in [2.45, 2.75) is 19.5 Å². The minimum atomic E-state index is -5.08. The Morgan fingerprint density at radius 2 is 1.95 bits per heavy atom. The van der Waals surface area contributed by atoms with Crippen LogP contribution < -0.4 is 11.1 Å². The average molecular weight is 356 g/mol. The molecule has 0 aromatic rings. The van der Waals surface area contributed by atoms with Gasteiger partial charge in [0, 0.05) is 12.3 Å². The van der Waals surface area contributed by atoms with Crippen molar-refractivity contribution >= 4 is 24.1 Å². The molecule has 21 heavy (non-hydrogen) atoms. The molecule has 0 fully saturated rings. The zero-order valence-corrected chi connectivity index (χ0v) is 13.1.